The maximum atomic E-state index is 12.7. The number of aryl methyl sites for hydroxylation is 1. The first-order valence-corrected chi connectivity index (χ1v) is 9.73. The van der Waals surface area contributed by atoms with Crippen LogP contribution in [0.3, 0.4) is 0 Å². The van der Waals surface area contributed by atoms with Crippen LogP contribution in [0.2, 0.25) is 0 Å². The molecule has 1 amide bonds. The molecule has 8 heteroatoms. The lowest BCUT2D eigenvalue weighted by atomic mass is 10.1. The van der Waals surface area contributed by atoms with Crippen LogP contribution >= 0.6 is 0 Å². The molecule has 2 aromatic rings. The molecule has 1 fully saturated rings. The van der Waals surface area contributed by atoms with Gasteiger partial charge in [-0.25, -0.2) is 12.7 Å². The number of amides is 1. The number of carbonyl (C=O) groups excluding carboxylic acids is 1. The molecule has 2 heterocycles. The van der Waals surface area contributed by atoms with E-state index in [2.05, 4.69) is 5.32 Å². The van der Waals surface area contributed by atoms with Crippen LogP contribution < -0.4 is 5.32 Å². The molecular weight excluding hydrogens is 342 g/mol. The second kappa shape index (κ2) is 6.78. The molecule has 0 aliphatic carbocycles. The highest BCUT2D eigenvalue weighted by Crippen LogP contribution is 2.22. The van der Waals surface area contributed by atoms with E-state index in [0.29, 0.717) is 18.8 Å². The molecule has 1 saturated heterocycles. The predicted molar refractivity (Wildman–Crippen MR) is 96.0 cm³/mol. The minimum absolute atomic E-state index is 0.0412. The Morgan fingerprint density at radius 2 is 2.04 bits per heavy atom. The van der Waals surface area contributed by atoms with Crippen LogP contribution in [0.25, 0.3) is 10.9 Å². The van der Waals surface area contributed by atoms with Gasteiger partial charge in [0.05, 0.1) is 30.6 Å². The number of rotatable bonds is 5. The summed E-state index contributed by atoms with van der Waals surface area (Å²) < 4.78 is 32.8. The zero-order valence-corrected chi connectivity index (χ0v) is 15.4. The minimum atomic E-state index is -3.35. The van der Waals surface area contributed by atoms with Gasteiger partial charge >= 0.3 is 0 Å². The largest absolute Gasteiger partial charge is 0.379 e. The lowest BCUT2D eigenvalue weighted by molar-refractivity contribution is 0.0927. The molecule has 0 spiro atoms. The van der Waals surface area contributed by atoms with Crippen molar-refractivity contribution in [3.63, 3.8) is 0 Å². The number of nitrogens with zero attached hydrogens (tertiary/aromatic N) is 2. The fourth-order valence-electron chi connectivity index (χ4n) is 3.11. The number of hydrogen-bond donors (Lipinski definition) is 1. The normalized spacial score (nSPS) is 21.1. The van der Waals surface area contributed by atoms with Crippen LogP contribution in [0.4, 0.5) is 0 Å². The van der Waals surface area contributed by atoms with E-state index in [9.17, 15) is 13.2 Å². The van der Waals surface area contributed by atoms with Crippen LogP contribution in [-0.4, -0.2) is 62.3 Å². The average Bonchev–Trinajstić information content (AvgIpc) is 3.12. The van der Waals surface area contributed by atoms with Gasteiger partial charge in [0.25, 0.3) is 5.91 Å². The lowest BCUT2D eigenvalue weighted by Gasteiger charge is -2.20. The Labute approximate surface area is 147 Å². The second-order valence-corrected chi connectivity index (χ2v) is 8.84. The fraction of sp³-hybridized carbons (Fsp3) is 0.471. The van der Waals surface area contributed by atoms with E-state index < -0.39 is 10.0 Å². The van der Waals surface area contributed by atoms with Gasteiger partial charge in [-0.1, -0.05) is 18.2 Å². The smallest absolute Gasteiger partial charge is 0.253 e. The van der Waals surface area contributed by atoms with Crippen LogP contribution in [-0.2, 0) is 21.8 Å². The van der Waals surface area contributed by atoms with Gasteiger partial charge in [-0.3, -0.25) is 4.79 Å². The van der Waals surface area contributed by atoms with E-state index in [1.165, 1.54) is 18.4 Å². The molecule has 1 N–H and O–H groups in total. The number of para-hydroxylation sites is 1. The van der Waals surface area contributed by atoms with Crippen molar-refractivity contribution < 1.29 is 17.9 Å². The summed E-state index contributed by atoms with van der Waals surface area (Å²) in [5.74, 6) is -0.508. The number of sulfonamides is 1. The lowest BCUT2D eigenvalue weighted by Crippen LogP contribution is -2.43. The van der Waals surface area contributed by atoms with Gasteiger partial charge in [0.15, 0.2) is 0 Å². The molecule has 0 radical (unpaired) electrons. The number of aromatic nitrogens is 1. The summed E-state index contributed by atoms with van der Waals surface area (Å²) >= 11 is 0. The molecular formula is C17H23N3O4S. The second-order valence-electron chi connectivity index (χ2n) is 6.61. The molecule has 3 rings (SSSR count). The van der Waals surface area contributed by atoms with Gasteiger partial charge in [-0.05, 0) is 6.07 Å². The van der Waals surface area contributed by atoms with Gasteiger partial charge in [0.2, 0.25) is 10.0 Å². The fourth-order valence-corrected chi connectivity index (χ4v) is 4.28. The van der Waals surface area contributed by atoms with E-state index in [1.54, 1.807) is 6.20 Å². The molecule has 1 aliphatic rings. The predicted octanol–water partition coefficient (Wildman–Crippen LogP) is 0.815. The highest BCUT2D eigenvalue weighted by Gasteiger charge is 2.34. The maximum Gasteiger partial charge on any atom is 0.253 e. The number of nitrogens with one attached hydrogen (secondary N) is 1. The molecule has 0 bridgehead atoms. The molecule has 25 heavy (non-hydrogen) atoms. The summed E-state index contributed by atoms with van der Waals surface area (Å²) in [7, 11) is 1.56. The van der Waals surface area contributed by atoms with Crippen LogP contribution in [0, 0.1) is 5.92 Å². The monoisotopic (exact) mass is 365 g/mol. The zero-order chi connectivity index (χ0) is 18.2. The quantitative estimate of drug-likeness (QED) is 0.850. The van der Waals surface area contributed by atoms with Crippen molar-refractivity contribution in [2.45, 2.75) is 6.04 Å². The summed E-state index contributed by atoms with van der Waals surface area (Å²) in [6.07, 6.45) is 1.79. The SMILES string of the molecule is CN(C)S(=O)(=O)C[C@@H]1COC[C@@H]1NC(=O)c1cn(C)c2ccccc12. The Hall–Kier alpha value is -1.90. The third-order valence-electron chi connectivity index (χ3n) is 4.64. The molecule has 1 aliphatic heterocycles. The van der Waals surface area contributed by atoms with Crippen molar-refractivity contribution in [1.82, 2.24) is 14.2 Å². The number of hydrogen-bond acceptors (Lipinski definition) is 4. The van der Waals surface area contributed by atoms with Crippen molar-refractivity contribution >= 4 is 26.8 Å². The first-order chi connectivity index (χ1) is 11.8. The van der Waals surface area contributed by atoms with Crippen LogP contribution in [0.15, 0.2) is 30.5 Å². The minimum Gasteiger partial charge on any atom is -0.379 e. The van der Waals surface area contributed by atoms with E-state index in [4.69, 9.17) is 4.74 Å². The summed E-state index contributed by atoms with van der Waals surface area (Å²) in [5, 5.41) is 3.83. The van der Waals surface area contributed by atoms with Crippen LogP contribution in [0.1, 0.15) is 10.4 Å². The summed E-state index contributed by atoms with van der Waals surface area (Å²) in [6, 6.07) is 7.36. The Balaban J connectivity index is 1.78. The van der Waals surface area contributed by atoms with Gasteiger partial charge in [0, 0.05) is 44.2 Å². The van der Waals surface area contributed by atoms with Crippen molar-refractivity contribution in [2.75, 3.05) is 33.1 Å². The molecule has 7 nitrogen and oxygen atoms in total. The van der Waals surface area contributed by atoms with Gasteiger partial charge in [0.1, 0.15) is 0 Å². The maximum absolute atomic E-state index is 12.7. The molecule has 0 saturated carbocycles. The average molecular weight is 365 g/mol. The summed E-state index contributed by atoms with van der Waals surface area (Å²) in [4.78, 5) is 12.7. The van der Waals surface area contributed by atoms with E-state index in [-0.39, 0.29) is 23.6 Å². The third kappa shape index (κ3) is 3.56. The van der Waals surface area contributed by atoms with Gasteiger partial charge < -0.3 is 14.6 Å². The highest BCUT2D eigenvalue weighted by atomic mass is 32.2. The number of carbonyl (C=O) groups is 1. The summed E-state index contributed by atoms with van der Waals surface area (Å²) in [5.41, 5.74) is 1.56. The Morgan fingerprint density at radius 3 is 2.76 bits per heavy atom. The van der Waals surface area contributed by atoms with Crippen molar-refractivity contribution in [1.29, 1.82) is 0 Å². The molecule has 136 valence electrons. The number of ether oxygens (including phenoxy) is 1. The zero-order valence-electron chi connectivity index (χ0n) is 14.6. The Morgan fingerprint density at radius 1 is 1.32 bits per heavy atom. The first-order valence-electron chi connectivity index (χ1n) is 8.12. The van der Waals surface area contributed by atoms with Gasteiger partial charge in [-0.15, -0.1) is 0 Å². The van der Waals surface area contributed by atoms with E-state index in [0.717, 1.165) is 10.9 Å². The molecule has 1 aromatic heterocycles. The van der Waals surface area contributed by atoms with Crippen molar-refractivity contribution in [3.05, 3.63) is 36.0 Å². The van der Waals surface area contributed by atoms with E-state index >= 15 is 0 Å². The van der Waals surface area contributed by atoms with Crippen molar-refractivity contribution in [3.8, 4) is 0 Å². The van der Waals surface area contributed by atoms with Gasteiger partial charge in [-0.2, -0.15) is 0 Å². The topological polar surface area (TPSA) is 80.6 Å². The standard InChI is InChI=1S/C17H23N3O4S/c1-19(2)25(22,23)11-12-9-24-10-15(12)18-17(21)14-8-20(3)16-7-5-4-6-13(14)16/h4-8,12,15H,9-11H2,1-3H3,(H,18,21)/t12-,15-/m0/s1. The Bertz CT molecular complexity index is 888. The van der Waals surface area contributed by atoms with Crippen LogP contribution in [0.5, 0.6) is 0 Å². The molecule has 2 atom stereocenters. The highest BCUT2D eigenvalue weighted by molar-refractivity contribution is 7.89. The van der Waals surface area contributed by atoms with Crippen molar-refractivity contribution in [2.24, 2.45) is 13.0 Å². The first kappa shape index (κ1) is 17.9. The number of benzene rings is 1. The summed E-state index contributed by atoms with van der Waals surface area (Å²) in [6.45, 7) is 0.650. The molecule has 1 aromatic carbocycles. The Kier molecular flexibility index (Phi) is 4.86. The van der Waals surface area contributed by atoms with E-state index in [1.807, 2.05) is 35.9 Å². The molecule has 0 unspecified atom stereocenters. The number of fused-ring (bicyclic) bond motifs is 1. The third-order valence-corrected chi connectivity index (χ3v) is 6.60.